The molecular formula is C15H20F3NO3S. The molecule has 8 heteroatoms. The highest BCUT2D eigenvalue weighted by atomic mass is 32.1. The summed E-state index contributed by atoms with van der Waals surface area (Å²) in [6.07, 6.45) is -4.68. The van der Waals surface area contributed by atoms with Crippen LogP contribution in [0.1, 0.15) is 20.8 Å². The number of thiol groups is 1. The number of anilines is 1. The topological polar surface area (TPSA) is 47.6 Å². The smallest absolute Gasteiger partial charge is 0.410 e. The van der Waals surface area contributed by atoms with E-state index in [-0.39, 0.29) is 5.69 Å². The number of rotatable bonds is 5. The van der Waals surface area contributed by atoms with Crippen molar-refractivity contribution in [2.75, 3.05) is 12.4 Å². The summed E-state index contributed by atoms with van der Waals surface area (Å²) < 4.78 is 49.7. The molecule has 0 radical (unpaired) electrons. The largest absolute Gasteiger partial charge is 0.497 e. The molecule has 0 aliphatic heterocycles. The molecule has 0 spiro atoms. The van der Waals surface area contributed by atoms with Crippen molar-refractivity contribution >= 4 is 24.3 Å². The van der Waals surface area contributed by atoms with E-state index in [1.54, 1.807) is 20.8 Å². The molecule has 0 unspecified atom stereocenters. The van der Waals surface area contributed by atoms with Gasteiger partial charge in [0.2, 0.25) is 0 Å². The van der Waals surface area contributed by atoms with Crippen LogP contribution in [0.4, 0.5) is 18.9 Å². The quantitative estimate of drug-likeness (QED) is 0.628. The number of ether oxygens (including phenoxy) is 2. The van der Waals surface area contributed by atoms with Crippen molar-refractivity contribution in [3.8, 4) is 5.75 Å². The third kappa shape index (κ3) is 6.21. The van der Waals surface area contributed by atoms with Crippen LogP contribution >= 0.6 is 12.6 Å². The standard InChI is InChI=1S/C15H20F3NO3S/c1-14(2,3)22-13(20)11(23)12(15(16,17)18)19-9-5-7-10(21-4)8-6-9/h5-8,11-12,19,23H,1-4H3/t11-,12-/m1/s1. The van der Waals surface area contributed by atoms with Crippen molar-refractivity contribution < 1.29 is 27.4 Å². The second-order valence-electron chi connectivity index (χ2n) is 5.87. The molecule has 1 aromatic carbocycles. The third-order valence-electron chi connectivity index (χ3n) is 2.73. The van der Waals surface area contributed by atoms with Gasteiger partial charge in [0.1, 0.15) is 22.6 Å². The number of carbonyl (C=O) groups is 1. The molecule has 1 aromatic rings. The summed E-state index contributed by atoms with van der Waals surface area (Å²) in [5.41, 5.74) is -0.704. The van der Waals surface area contributed by atoms with E-state index in [0.29, 0.717) is 5.75 Å². The van der Waals surface area contributed by atoms with Crippen molar-refractivity contribution in [2.45, 2.75) is 43.8 Å². The van der Waals surface area contributed by atoms with Gasteiger partial charge >= 0.3 is 12.1 Å². The first-order chi connectivity index (χ1) is 10.4. The fourth-order valence-corrected chi connectivity index (χ4v) is 2.00. The lowest BCUT2D eigenvalue weighted by atomic mass is 10.1. The first-order valence-corrected chi connectivity index (χ1v) is 7.34. The Labute approximate surface area is 138 Å². The van der Waals surface area contributed by atoms with Crippen LogP contribution in [0, 0.1) is 0 Å². The average Bonchev–Trinajstić information content (AvgIpc) is 2.41. The van der Waals surface area contributed by atoms with E-state index in [4.69, 9.17) is 9.47 Å². The van der Waals surface area contributed by atoms with E-state index in [1.165, 1.54) is 31.4 Å². The molecule has 0 amide bonds. The molecule has 130 valence electrons. The van der Waals surface area contributed by atoms with Crippen LogP contribution in [0.3, 0.4) is 0 Å². The summed E-state index contributed by atoms with van der Waals surface area (Å²) >= 11 is 3.81. The molecular weight excluding hydrogens is 331 g/mol. The van der Waals surface area contributed by atoms with Crippen molar-refractivity contribution in [3.05, 3.63) is 24.3 Å². The van der Waals surface area contributed by atoms with E-state index >= 15 is 0 Å². The first kappa shape index (κ1) is 19.5. The highest BCUT2D eigenvalue weighted by Gasteiger charge is 2.47. The molecule has 2 atom stereocenters. The third-order valence-corrected chi connectivity index (χ3v) is 3.24. The second-order valence-corrected chi connectivity index (χ2v) is 6.43. The van der Waals surface area contributed by atoms with Gasteiger partial charge in [0.25, 0.3) is 0 Å². The monoisotopic (exact) mass is 351 g/mol. The van der Waals surface area contributed by atoms with Gasteiger partial charge in [-0.25, -0.2) is 0 Å². The summed E-state index contributed by atoms with van der Waals surface area (Å²) in [7, 11) is 1.45. The second kappa shape index (κ2) is 7.33. The number of carbonyl (C=O) groups excluding carboxylic acids is 1. The Morgan fingerprint density at radius 1 is 1.17 bits per heavy atom. The van der Waals surface area contributed by atoms with Gasteiger partial charge in [0, 0.05) is 5.69 Å². The number of hydrogen-bond donors (Lipinski definition) is 2. The Kier molecular flexibility index (Phi) is 6.21. The SMILES string of the molecule is COc1ccc(N[C@H]([C@@H](S)C(=O)OC(C)(C)C)C(F)(F)F)cc1. The summed E-state index contributed by atoms with van der Waals surface area (Å²) in [6, 6.07) is 3.68. The van der Waals surface area contributed by atoms with Gasteiger partial charge in [0.05, 0.1) is 7.11 Å². The van der Waals surface area contributed by atoms with E-state index in [9.17, 15) is 18.0 Å². The van der Waals surface area contributed by atoms with Gasteiger partial charge in [0.15, 0.2) is 0 Å². The number of nitrogens with one attached hydrogen (secondary N) is 1. The van der Waals surface area contributed by atoms with E-state index in [1.807, 2.05) is 0 Å². The number of hydrogen-bond acceptors (Lipinski definition) is 5. The fourth-order valence-electron chi connectivity index (χ4n) is 1.70. The zero-order valence-corrected chi connectivity index (χ0v) is 14.2. The summed E-state index contributed by atoms with van der Waals surface area (Å²) in [5, 5.41) is 0.581. The Hall–Kier alpha value is -1.57. The summed E-state index contributed by atoms with van der Waals surface area (Å²) in [4.78, 5) is 11.9. The van der Waals surface area contributed by atoms with E-state index in [0.717, 1.165) is 0 Å². The van der Waals surface area contributed by atoms with E-state index < -0.39 is 29.0 Å². The van der Waals surface area contributed by atoms with Gasteiger partial charge in [-0.3, -0.25) is 4.79 Å². The van der Waals surface area contributed by atoms with Crippen LogP contribution in [0.2, 0.25) is 0 Å². The van der Waals surface area contributed by atoms with Crippen molar-refractivity contribution in [2.24, 2.45) is 0 Å². The zero-order chi connectivity index (χ0) is 17.8. The average molecular weight is 351 g/mol. The van der Waals surface area contributed by atoms with Crippen LogP contribution in [0.5, 0.6) is 5.75 Å². The molecule has 4 nitrogen and oxygen atoms in total. The minimum Gasteiger partial charge on any atom is -0.497 e. The Morgan fingerprint density at radius 3 is 2.09 bits per heavy atom. The van der Waals surface area contributed by atoms with Crippen LogP contribution in [0.25, 0.3) is 0 Å². The lowest BCUT2D eigenvalue weighted by Gasteiger charge is -2.29. The number of halogens is 3. The maximum atomic E-state index is 13.3. The molecule has 0 aliphatic rings. The zero-order valence-electron chi connectivity index (χ0n) is 13.3. The fraction of sp³-hybridized carbons (Fsp3) is 0.533. The van der Waals surface area contributed by atoms with Gasteiger partial charge in [-0.1, -0.05) is 0 Å². The molecule has 0 aliphatic carbocycles. The summed E-state index contributed by atoms with van der Waals surface area (Å²) in [5.74, 6) is -0.530. The number of alkyl halides is 3. The van der Waals surface area contributed by atoms with Crippen LogP contribution in [-0.4, -0.2) is 36.1 Å². The normalized spacial score (nSPS) is 14.8. The van der Waals surface area contributed by atoms with Crippen LogP contribution < -0.4 is 10.1 Å². The lowest BCUT2D eigenvalue weighted by Crippen LogP contribution is -2.48. The Bertz CT molecular complexity index is 526. The van der Waals surface area contributed by atoms with Gasteiger partial charge in [-0.2, -0.15) is 25.8 Å². The molecule has 0 bridgehead atoms. The number of methoxy groups -OCH3 is 1. The van der Waals surface area contributed by atoms with Crippen molar-refractivity contribution in [1.82, 2.24) is 0 Å². The molecule has 0 heterocycles. The molecule has 0 saturated heterocycles. The maximum absolute atomic E-state index is 13.3. The molecule has 0 saturated carbocycles. The number of esters is 1. The summed E-state index contributed by atoms with van der Waals surface area (Å²) in [6.45, 7) is 4.72. The molecule has 0 fully saturated rings. The number of benzene rings is 1. The van der Waals surface area contributed by atoms with Gasteiger partial charge < -0.3 is 14.8 Å². The van der Waals surface area contributed by atoms with Crippen LogP contribution in [-0.2, 0) is 9.53 Å². The molecule has 23 heavy (non-hydrogen) atoms. The van der Waals surface area contributed by atoms with Crippen LogP contribution in [0.15, 0.2) is 24.3 Å². The van der Waals surface area contributed by atoms with Crippen molar-refractivity contribution in [1.29, 1.82) is 0 Å². The minimum absolute atomic E-state index is 0.190. The highest BCUT2D eigenvalue weighted by molar-refractivity contribution is 7.81. The Morgan fingerprint density at radius 2 is 1.70 bits per heavy atom. The Balaban J connectivity index is 2.93. The molecule has 1 rings (SSSR count). The molecule has 1 N–H and O–H groups in total. The predicted octanol–water partition coefficient (Wildman–Crippen LogP) is 3.68. The van der Waals surface area contributed by atoms with Crippen molar-refractivity contribution in [3.63, 3.8) is 0 Å². The lowest BCUT2D eigenvalue weighted by molar-refractivity contribution is -0.167. The van der Waals surface area contributed by atoms with Gasteiger partial charge in [-0.15, -0.1) is 0 Å². The maximum Gasteiger partial charge on any atom is 0.410 e. The minimum atomic E-state index is -4.68. The predicted molar refractivity (Wildman–Crippen MR) is 85.1 cm³/mol. The van der Waals surface area contributed by atoms with Gasteiger partial charge in [-0.05, 0) is 45.0 Å². The molecule has 0 aromatic heterocycles. The highest BCUT2D eigenvalue weighted by Crippen LogP contribution is 2.30. The first-order valence-electron chi connectivity index (χ1n) is 6.82. The van der Waals surface area contributed by atoms with E-state index in [2.05, 4.69) is 17.9 Å².